The zero-order chi connectivity index (χ0) is 25.8. The van der Waals surface area contributed by atoms with Gasteiger partial charge in [-0.25, -0.2) is 0 Å². The molecule has 0 spiro atoms. The molecule has 0 amide bonds. The van der Waals surface area contributed by atoms with Gasteiger partial charge < -0.3 is 25.0 Å². The first kappa shape index (κ1) is 26.1. The van der Waals surface area contributed by atoms with Gasteiger partial charge in [-0.05, 0) is 86.4 Å². The highest BCUT2D eigenvalue weighted by atomic mass is 16.5. The molecule has 1 saturated carbocycles. The van der Waals surface area contributed by atoms with Crippen molar-refractivity contribution in [2.75, 3.05) is 20.6 Å². The lowest BCUT2D eigenvalue weighted by Gasteiger charge is -2.72. The number of likely N-dealkylation sites (N-methyl/N-ethyl adjacent to an activating group) is 1. The average Bonchev–Trinajstić information content (AvgIpc) is 2.78. The van der Waals surface area contributed by atoms with Crippen LogP contribution in [-0.2, 0) is 11.8 Å². The second kappa shape index (κ2) is 9.14. The van der Waals surface area contributed by atoms with Gasteiger partial charge in [0.15, 0.2) is 5.88 Å². The van der Waals surface area contributed by atoms with E-state index in [2.05, 4.69) is 87.3 Å². The van der Waals surface area contributed by atoms with Crippen molar-refractivity contribution < 1.29 is 4.74 Å². The highest BCUT2D eigenvalue weighted by molar-refractivity contribution is 6.30. The third-order valence-corrected chi connectivity index (χ3v) is 10.0. The van der Waals surface area contributed by atoms with E-state index < -0.39 is 0 Å². The number of fused-ring (bicyclic) bond motifs is 1. The van der Waals surface area contributed by atoms with Crippen LogP contribution in [0.25, 0.3) is 0 Å². The minimum absolute atomic E-state index is 0.0115. The molecule has 5 nitrogen and oxygen atoms in total. The van der Waals surface area contributed by atoms with Crippen molar-refractivity contribution >= 4 is 14.8 Å². The molecule has 2 radical (unpaired) electrons. The van der Waals surface area contributed by atoms with Gasteiger partial charge in [-0.15, -0.1) is 0 Å². The summed E-state index contributed by atoms with van der Waals surface area (Å²) in [5.41, 5.74) is 4.49. The standard InChI is InChI=1S/C28H44B2N4O/c1-18-22(35-20(3)32-30-8)12-11-21-17-24-27(6)14-13-23(34(10)19(2)31-29-7)26(4,5)28(27,25(18)21)15-16-33(24)9/h11-12,23-24,31-32H,2-3,13-17H2,1,4-10H3/t23?,24-,27?,28-/m0/s1. The number of nitrogens with one attached hydrogen (secondary N) is 2. The zero-order valence-corrected chi connectivity index (χ0v) is 23.2. The van der Waals surface area contributed by atoms with Gasteiger partial charge in [0, 0.05) is 24.5 Å². The Hall–Kier alpha value is -2.01. The SMILES string of the molecule is C=C(N[B]C)Oc1ccc2c(c1C)[C@]13CCN(C)[C@@H](C2)C1(C)CCC(N(C)C(=C)N[B]C)C3(C)C. The molecular formula is C28H44B2N4O. The molecule has 2 N–H and O–H groups in total. The molecule has 2 bridgehead atoms. The molecule has 2 aliphatic carbocycles. The Morgan fingerprint density at radius 3 is 2.49 bits per heavy atom. The van der Waals surface area contributed by atoms with Crippen molar-refractivity contribution in [3.8, 4) is 5.75 Å². The molecule has 1 aromatic carbocycles. The normalized spacial score (nSPS) is 30.9. The predicted molar refractivity (Wildman–Crippen MR) is 149 cm³/mol. The largest absolute Gasteiger partial charge is 0.443 e. The maximum Gasteiger partial charge on any atom is 0.243 e. The van der Waals surface area contributed by atoms with Gasteiger partial charge in [0.1, 0.15) is 5.75 Å². The smallest absolute Gasteiger partial charge is 0.243 e. The van der Waals surface area contributed by atoms with Gasteiger partial charge in [0.2, 0.25) is 14.8 Å². The monoisotopic (exact) mass is 474 g/mol. The van der Waals surface area contributed by atoms with E-state index in [9.17, 15) is 0 Å². The molecule has 2 unspecified atom stereocenters. The van der Waals surface area contributed by atoms with Crippen molar-refractivity contribution in [2.24, 2.45) is 10.8 Å². The van der Waals surface area contributed by atoms with Gasteiger partial charge in [0.05, 0.1) is 5.82 Å². The summed E-state index contributed by atoms with van der Waals surface area (Å²) < 4.78 is 6.25. The number of hydrogen-bond acceptors (Lipinski definition) is 5. The molecule has 1 aliphatic heterocycles. The van der Waals surface area contributed by atoms with Crippen LogP contribution in [0.15, 0.2) is 37.0 Å². The van der Waals surface area contributed by atoms with E-state index in [1.54, 1.807) is 0 Å². The van der Waals surface area contributed by atoms with E-state index in [0.717, 1.165) is 37.4 Å². The van der Waals surface area contributed by atoms with Crippen LogP contribution in [0.2, 0.25) is 13.6 Å². The molecule has 4 rings (SSSR count). The van der Waals surface area contributed by atoms with Crippen LogP contribution in [0.5, 0.6) is 5.75 Å². The van der Waals surface area contributed by atoms with E-state index in [1.807, 2.05) is 28.5 Å². The summed E-state index contributed by atoms with van der Waals surface area (Å²) in [5.74, 6) is 2.44. The molecule has 2 fully saturated rings. The Balaban J connectivity index is 1.91. The molecule has 188 valence electrons. The highest BCUT2D eigenvalue weighted by Gasteiger charge is 2.70. The van der Waals surface area contributed by atoms with E-state index in [1.165, 1.54) is 23.1 Å². The maximum absolute atomic E-state index is 6.25. The molecular weight excluding hydrogens is 430 g/mol. The minimum Gasteiger partial charge on any atom is -0.443 e. The fraction of sp³-hybridized carbons (Fsp3) is 0.643. The summed E-state index contributed by atoms with van der Waals surface area (Å²) >= 11 is 0. The van der Waals surface area contributed by atoms with Crippen molar-refractivity contribution in [2.45, 2.75) is 84.5 Å². The van der Waals surface area contributed by atoms with Gasteiger partial charge >= 0.3 is 0 Å². The molecule has 1 heterocycles. The molecule has 7 heteroatoms. The van der Waals surface area contributed by atoms with Gasteiger partial charge in [0.25, 0.3) is 0 Å². The topological polar surface area (TPSA) is 39.8 Å². The van der Waals surface area contributed by atoms with Crippen molar-refractivity contribution in [1.82, 2.24) is 20.3 Å². The Kier molecular flexibility index (Phi) is 6.80. The van der Waals surface area contributed by atoms with Crippen LogP contribution < -0.4 is 15.2 Å². The van der Waals surface area contributed by atoms with Gasteiger partial charge in [-0.1, -0.05) is 47.1 Å². The van der Waals surface area contributed by atoms with Crippen LogP contribution in [0.4, 0.5) is 0 Å². The van der Waals surface area contributed by atoms with Crippen LogP contribution in [0.3, 0.4) is 0 Å². The fourth-order valence-corrected chi connectivity index (χ4v) is 8.48. The average molecular weight is 474 g/mol. The number of rotatable bonds is 8. The van der Waals surface area contributed by atoms with Crippen LogP contribution in [-0.4, -0.2) is 57.4 Å². The van der Waals surface area contributed by atoms with Gasteiger partial charge in [-0.2, -0.15) is 0 Å². The summed E-state index contributed by atoms with van der Waals surface area (Å²) in [5, 5.41) is 6.45. The van der Waals surface area contributed by atoms with Crippen molar-refractivity contribution in [3.05, 3.63) is 53.7 Å². The number of ether oxygens (including phenoxy) is 1. The summed E-state index contributed by atoms with van der Waals surface area (Å²) in [6, 6.07) is 5.38. The minimum atomic E-state index is 0.0115. The second-order valence-electron chi connectivity index (χ2n) is 11.7. The summed E-state index contributed by atoms with van der Waals surface area (Å²) in [6.45, 7) is 23.4. The summed E-state index contributed by atoms with van der Waals surface area (Å²) in [4.78, 5) is 5.03. The number of likely N-dealkylation sites (tertiary alicyclic amines) is 1. The molecule has 3 aliphatic rings. The number of nitrogens with zero attached hydrogens (tertiary/aromatic N) is 2. The number of hydrogen-bond donors (Lipinski definition) is 2. The lowest BCUT2D eigenvalue weighted by Crippen LogP contribution is -2.74. The first-order valence-electron chi connectivity index (χ1n) is 13.2. The number of benzene rings is 1. The lowest BCUT2D eigenvalue weighted by atomic mass is 9.36. The Bertz CT molecular complexity index is 1010. The Labute approximate surface area is 215 Å². The Morgan fingerprint density at radius 2 is 1.83 bits per heavy atom. The van der Waals surface area contributed by atoms with Crippen LogP contribution >= 0.6 is 0 Å². The number of piperidine rings is 1. The summed E-state index contributed by atoms with van der Waals surface area (Å²) in [7, 11) is 8.37. The zero-order valence-electron chi connectivity index (χ0n) is 23.2. The van der Waals surface area contributed by atoms with Crippen molar-refractivity contribution in [3.63, 3.8) is 0 Å². The first-order valence-corrected chi connectivity index (χ1v) is 13.2. The molecule has 1 saturated heterocycles. The third kappa shape index (κ3) is 3.63. The fourth-order valence-electron chi connectivity index (χ4n) is 8.48. The first-order chi connectivity index (χ1) is 16.5. The quantitative estimate of drug-likeness (QED) is 0.431. The van der Waals surface area contributed by atoms with E-state index >= 15 is 0 Å². The van der Waals surface area contributed by atoms with Crippen LogP contribution in [0.1, 0.15) is 56.7 Å². The molecule has 35 heavy (non-hydrogen) atoms. The predicted octanol–water partition coefficient (Wildman–Crippen LogP) is 4.45. The second-order valence-corrected chi connectivity index (χ2v) is 11.7. The molecule has 1 aromatic rings. The third-order valence-electron chi connectivity index (χ3n) is 10.0. The molecule has 4 atom stereocenters. The van der Waals surface area contributed by atoms with Gasteiger partial charge in [-0.3, -0.25) is 0 Å². The highest BCUT2D eigenvalue weighted by Crippen LogP contribution is 2.70. The van der Waals surface area contributed by atoms with E-state index in [-0.39, 0.29) is 16.2 Å². The van der Waals surface area contributed by atoms with Crippen molar-refractivity contribution in [1.29, 1.82) is 0 Å². The van der Waals surface area contributed by atoms with E-state index in [0.29, 0.717) is 18.0 Å². The van der Waals surface area contributed by atoms with Crippen LogP contribution in [0, 0.1) is 17.8 Å². The summed E-state index contributed by atoms with van der Waals surface area (Å²) in [6.07, 6.45) is 4.61. The lowest BCUT2D eigenvalue weighted by molar-refractivity contribution is -0.159. The molecule has 0 aromatic heterocycles. The Morgan fingerprint density at radius 1 is 1.14 bits per heavy atom. The maximum atomic E-state index is 6.25. The van der Waals surface area contributed by atoms with E-state index in [4.69, 9.17) is 4.74 Å².